The smallest absolute Gasteiger partial charge is 0.338 e. The predicted molar refractivity (Wildman–Crippen MR) is 170 cm³/mol. The molecule has 2 heterocycles. The Bertz CT molecular complexity index is 1830. The summed E-state index contributed by atoms with van der Waals surface area (Å²) in [5.74, 6) is -1.46. The number of hydrogen-bond donors (Lipinski definition) is 2. The van der Waals surface area contributed by atoms with E-state index in [0.29, 0.717) is 41.1 Å². The number of amides is 2. The molecule has 246 valence electrons. The maximum absolute atomic E-state index is 13.7. The summed E-state index contributed by atoms with van der Waals surface area (Å²) in [5.41, 5.74) is 1.59. The maximum atomic E-state index is 13.7. The van der Waals surface area contributed by atoms with E-state index in [2.05, 4.69) is 20.8 Å². The van der Waals surface area contributed by atoms with Crippen molar-refractivity contribution in [1.82, 2.24) is 24.4 Å². The Labute approximate surface area is 274 Å². The summed E-state index contributed by atoms with van der Waals surface area (Å²) in [4.78, 5) is 37.6. The molecule has 0 atom stereocenters. The molecule has 16 heteroatoms. The first-order valence-electron chi connectivity index (χ1n) is 14.5. The summed E-state index contributed by atoms with van der Waals surface area (Å²) in [5, 5.41) is 14.2. The van der Waals surface area contributed by atoms with Gasteiger partial charge in [-0.1, -0.05) is 11.8 Å². The fraction of sp³-hybridized carbons (Fsp3) is 0.258. The van der Waals surface area contributed by atoms with Crippen molar-refractivity contribution in [3.8, 4) is 5.69 Å². The predicted octanol–water partition coefficient (Wildman–Crippen LogP) is 3.26. The molecule has 0 saturated carbocycles. The number of nitrogens with one attached hydrogen (secondary N) is 2. The highest BCUT2D eigenvalue weighted by Gasteiger charge is 2.26. The summed E-state index contributed by atoms with van der Waals surface area (Å²) < 4.78 is 52.7. The fourth-order valence-electron chi connectivity index (χ4n) is 4.56. The van der Waals surface area contributed by atoms with Gasteiger partial charge in [-0.2, -0.15) is 4.31 Å². The first-order valence-corrected chi connectivity index (χ1v) is 16.9. The van der Waals surface area contributed by atoms with Crippen LogP contribution in [0.4, 0.5) is 10.1 Å². The Kier molecular flexibility index (Phi) is 11.0. The second kappa shape index (κ2) is 15.3. The second-order valence-electron chi connectivity index (χ2n) is 10.1. The summed E-state index contributed by atoms with van der Waals surface area (Å²) in [6, 6.07) is 17.5. The van der Waals surface area contributed by atoms with E-state index in [0.717, 1.165) is 11.8 Å². The number of nitrogens with zero attached hydrogens (tertiary/aromatic N) is 4. The van der Waals surface area contributed by atoms with Crippen LogP contribution in [0.25, 0.3) is 5.69 Å². The van der Waals surface area contributed by atoms with E-state index in [-0.39, 0.29) is 48.4 Å². The molecule has 0 aliphatic carbocycles. The number of aromatic nitrogens is 3. The Morgan fingerprint density at radius 3 is 2.26 bits per heavy atom. The number of morpholine rings is 1. The molecule has 0 spiro atoms. The number of ether oxygens (including phenoxy) is 2. The molecule has 1 aliphatic rings. The van der Waals surface area contributed by atoms with Gasteiger partial charge in [0.2, 0.25) is 15.9 Å². The van der Waals surface area contributed by atoms with E-state index in [1.165, 1.54) is 52.8 Å². The number of anilines is 1. The van der Waals surface area contributed by atoms with Gasteiger partial charge in [-0.15, -0.1) is 10.2 Å². The molecule has 5 rings (SSSR count). The Morgan fingerprint density at radius 2 is 1.60 bits per heavy atom. The standard InChI is InChI=1S/C31H31FN6O7S2/c1-2-45-30(41)22-3-9-24(10-4-22)34-28(39)20-46-31-36-35-27(38(31)25-11-7-23(32)8-12-25)19-33-29(40)21-5-13-26(14-6-21)47(42,43)37-15-17-44-18-16-37/h3-14H,2,15-20H2,1H3,(H,33,40)(H,34,39). The highest BCUT2D eigenvalue weighted by atomic mass is 32.2. The minimum atomic E-state index is -3.71. The van der Waals surface area contributed by atoms with E-state index in [1.54, 1.807) is 35.8 Å². The van der Waals surface area contributed by atoms with Crippen LogP contribution in [0.3, 0.4) is 0 Å². The normalized spacial score (nSPS) is 13.6. The van der Waals surface area contributed by atoms with Crippen molar-refractivity contribution < 1.29 is 36.7 Å². The molecule has 0 bridgehead atoms. The van der Waals surface area contributed by atoms with Crippen molar-refractivity contribution in [3.05, 3.63) is 95.6 Å². The van der Waals surface area contributed by atoms with E-state index in [9.17, 15) is 27.2 Å². The van der Waals surface area contributed by atoms with Gasteiger partial charge >= 0.3 is 5.97 Å². The van der Waals surface area contributed by atoms with E-state index < -0.39 is 27.7 Å². The minimum Gasteiger partial charge on any atom is -0.462 e. The number of benzene rings is 3. The lowest BCUT2D eigenvalue weighted by Gasteiger charge is -2.26. The fourth-order valence-corrected chi connectivity index (χ4v) is 6.74. The van der Waals surface area contributed by atoms with Crippen LogP contribution in [0.1, 0.15) is 33.5 Å². The van der Waals surface area contributed by atoms with Crippen molar-refractivity contribution in [2.24, 2.45) is 0 Å². The monoisotopic (exact) mass is 682 g/mol. The third-order valence-electron chi connectivity index (χ3n) is 6.93. The quantitative estimate of drug-likeness (QED) is 0.168. The van der Waals surface area contributed by atoms with Crippen LogP contribution in [0.2, 0.25) is 0 Å². The summed E-state index contributed by atoms with van der Waals surface area (Å²) in [6.07, 6.45) is 0. The summed E-state index contributed by atoms with van der Waals surface area (Å²) in [6.45, 7) is 3.06. The van der Waals surface area contributed by atoms with Crippen molar-refractivity contribution in [3.63, 3.8) is 0 Å². The van der Waals surface area contributed by atoms with Gasteiger partial charge in [0, 0.05) is 30.0 Å². The van der Waals surface area contributed by atoms with Crippen LogP contribution in [0.15, 0.2) is 82.8 Å². The van der Waals surface area contributed by atoms with Gasteiger partial charge in [-0.25, -0.2) is 17.6 Å². The molecule has 47 heavy (non-hydrogen) atoms. The van der Waals surface area contributed by atoms with Crippen molar-refractivity contribution in [2.45, 2.75) is 23.5 Å². The number of rotatable bonds is 12. The van der Waals surface area contributed by atoms with Gasteiger partial charge in [0.1, 0.15) is 5.82 Å². The van der Waals surface area contributed by atoms with Crippen LogP contribution in [0, 0.1) is 5.82 Å². The zero-order valence-corrected chi connectivity index (χ0v) is 26.9. The number of carbonyl (C=O) groups is 3. The lowest BCUT2D eigenvalue weighted by Crippen LogP contribution is -2.40. The molecular formula is C31H31FN6O7S2. The van der Waals surface area contributed by atoms with Crippen LogP contribution in [-0.4, -0.2) is 83.9 Å². The molecule has 0 radical (unpaired) electrons. The van der Waals surface area contributed by atoms with E-state index in [4.69, 9.17) is 9.47 Å². The first-order chi connectivity index (χ1) is 22.7. The molecule has 1 saturated heterocycles. The van der Waals surface area contributed by atoms with E-state index >= 15 is 0 Å². The van der Waals surface area contributed by atoms with Gasteiger partial charge in [0.25, 0.3) is 5.91 Å². The molecular weight excluding hydrogens is 652 g/mol. The Hall–Kier alpha value is -4.64. The van der Waals surface area contributed by atoms with Gasteiger partial charge in [0.15, 0.2) is 11.0 Å². The number of thioether (sulfide) groups is 1. The lowest BCUT2D eigenvalue weighted by molar-refractivity contribution is -0.113. The third-order valence-corrected chi connectivity index (χ3v) is 9.77. The maximum Gasteiger partial charge on any atom is 0.338 e. The number of halogens is 1. The molecule has 3 aromatic carbocycles. The Balaban J connectivity index is 1.24. The van der Waals surface area contributed by atoms with Gasteiger partial charge in [-0.3, -0.25) is 14.2 Å². The lowest BCUT2D eigenvalue weighted by atomic mass is 10.2. The van der Waals surface area contributed by atoms with E-state index in [1.807, 2.05) is 0 Å². The molecule has 0 unspecified atom stereocenters. The molecule has 13 nitrogen and oxygen atoms in total. The molecule has 1 fully saturated rings. The summed E-state index contributed by atoms with van der Waals surface area (Å²) >= 11 is 1.08. The average Bonchev–Trinajstić information content (AvgIpc) is 3.50. The van der Waals surface area contributed by atoms with Crippen LogP contribution < -0.4 is 10.6 Å². The van der Waals surface area contributed by atoms with Crippen LogP contribution >= 0.6 is 11.8 Å². The molecule has 1 aromatic heterocycles. The second-order valence-corrected chi connectivity index (χ2v) is 12.9. The number of sulfonamides is 1. The number of esters is 1. The zero-order valence-electron chi connectivity index (χ0n) is 25.2. The largest absolute Gasteiger partial charge is 0.462 e. The van der Waals surface area contributed by atoms with Gasteiger partial charge in [0.05, 0.1) is 42.6 Å². The van der Waals surface area contributed by atoms with Gasteiger partial charge < -0.3 is 20.1 Å². The first kappa shape index (κ1) is 33.7. The number of hydrogen-bond acceptors (Lipinski definition) is 10. The zero-order chi connectivity index (χ0) is 33.4. The average molecular weight is 683 g/mol. The highest BCUT2D eigenvalue weighted by Crippen LogP contribution is 2.23. The van der Waals surface area contributed by atoms with Crippen LogP contribution in [0.5, 0.6) is 0 Å². The number of carbonyl (C=O) groups excluding carboxylic acids is 3. The van der Waals surface area contributed by atoms with Crippen molar-refractivity contribution in [1.29, 1.82) is 0 Å². The minimum absolute atomic E-state index is 0.0506. The molecule has 2 amide bonds. The Morgan fingerprint density at radius 1 is 0.936 bits per heavy atom. The highest BCUT2D eigenvalue weighted by molar-refractivity contribution is 7.99. The molecule has 1 aliphatic heterocycles. The third kappa shape index (κ3) is 8.40. The van der Waals surface area contributed by atoms with Crippen molar-refractivity contribution >= 4 is 45.3 Å². The van der Waals surface area contributed by atoms with Crippen molar-refractivity contribution in [2.75, 3.05) is 44.0 Å². The van der Waals surface area contributed by atoms with Crippen LogP contribution in [-0.2, 0) is 30.8 Å². The SMILES string of the molecule is CCOC(=O)c1ccc(NC(=O)CSc2nnc(CNC(=O)c3ccc(S(=O)(=O)N4CCOCC4)cc3)n2-c2ccc(F)cc2)cc1. The topological polar surface area (TPSA) is 162 Å². The van der Waals surface area contributed by atoms with Gasteiger partial charge in [-0.05, 0) is 79.7 Å². The molecule has 2 N–H and O–H groups in total. The summed E-state index contributed by atoms with van der Waals surface area (Å²) in [7, 11) is -3.71. The molecule has 4 aromatic rings.